The monoisotopic (exact) mass is 368 g/mol. The van der Waals surface area contributed by atoms with Gasteiger partial charge in [-0.25, -0.2) is 0 Å². The van der Waals surface area contributed by atoms with Crippen LogP contribution in [-0.4, -0.2) is 42.0 Å². The first-order valence-corrected chi connectivity index (χ1v) is 7.55. The van der Waals surface area contributed by atoms with Crippen molar-refractivity contribution < 1.29 is 22.8 Å². The third kappa shape index (κ3) is 4.51. The first-order valence-electron chi connectivity index (χ1n) is 6.79. The Morgan fingerprint density at radius 1 is 1.30 bits per heavy atom. The lowest BCUT2D eigenvalue weighted by molar-refractivity contribution is -0.140. The van der Waals surface area contributed by atoms with Crippen LogP contribution in [0.2, 0.25) is 10.0 Å². The van der Waals surface area contributed by atoms with E-state index in [0.717, 1.165) is 0 Å². The molecule has 2 amide bonds. The number of amides is 2. The van der Waals surface area contributed by atoms with Gasteiger partial charge in [-0.05, 0) is 31.0 Å². The summed E-state index contributed by atoms with van der Waals surface area (Å²) < 4.78 is 36.6. The van der Waals surface area contributed by atoms with Gasteiger partial charge in [0.1, 0.15) is 12.6 Å². The maximum Gasteiger partial charge on any atom is 0.405 e. The quantitative estimate of drug-likeness (QED) is 0.889. The van der Waals surface area contributed by atoms with Crippen molar-refractivity contribution in [1.82, 2.24) is 10.2 Å². The van der Waals surface area contributed by atoms with E-state index >= 15 is 0 Å². The first kappa shape index (κ1) is 17.9. The van der Waals surface area contributed by atoms with Gasteiger partial charge in [-0.15, -0.1) is 0 Å². The molecule has 0 spiro atoms. The summed E-state index contributed by atoms with van der Waals surface area (Å²) in [5.74, 6) is -1.35. The molecule has 0 bridgehead atoms. The van der Waals surface area contributed by atoms with Gasteiger partial charge < -0.3 is 10.2 Å². The Hall–Kier alpha value is -1.47. The molecule has 23 heavy (non-hydrogen) atoms. The molecule has 9 heteroatoms. The second-order valence-electron chi connectivity index (χ2n) is 5.11. The molecule has 1 aliphatic rings. The molecule has 1 aromatic carbocycles. The van der Waals surface area contributed by atoms with Gasteiger partial charge in [-0.1, -0.05) is 23.2 Å². The summed E-state index contributed by atoms with van der Waals surface area (Å²) in [4.78, 5) is 25.7. The predicted octanol–water partition coefficient (Wildman–Crippen LogP) is 3.28. The second-order valence-corrected chi connectivity index (χ2v) is 5.96. The van der Waals surface area contributed by atoms with E-state index in [0.29, 0.717) is 17.9 Å². The molecular formula is C14H13Cl2F3N2O2. The van der Waals surface area contributed by atoms with Crippen molar-refractivity contribution in [1.29, 1.82) is 0 Å². The van der Waals surface area contributed by atoms with Crippen molar-refractivity contribution in [2.45, 2.75) is 25.1 Å². The normalized spacial score (nSPS) is 18.1. The summed E-state index contributed by atoms with van der Waals surface area (Å²) in [6, 6.07) is 3.39. The molecule has 0 aromatic heterocycles. The fourth-order valence-electron chi connectivity index (χ4n) is 2.40. The van der Waals surface area contributed by atoms with Crippen LogP contribution in [0.3, 0.4) is 0 Å². The van der Waals surface area contributed by atoms with Crippen LogP contribution in [0, 0.1) is 0 Å². The molecule has 0 radical (unpaired) electrons. The zero-order chi connectivity index (χ0) is 17.2. The Labute approximate surface area is 140 Å². The van der Waals surface area contributed by atoms with Gasteiger partial charge in [0, 0.05) is 11.6 Å². The van der Waals surface area contributed by atoms with Crippen LogP contribution < -0.4 is 5.32 Å². The maximum absolute atomic E-state index is 12.5. The van der Waals surface area contributed by atoms with Gasteiger partial charge >= 0.3 is 6.18 Å². The summed E-state index contributed by atoms with van der Waals surface area (Å²) in [6.45, 7) is -1.16. The molecule has 2 rings (SSSR count). The van der Waals surface area contributed by atoms with Gasteiger partial charge in [0.15, 0.2) is 0 Å². The maximum atomic E-state index is 12.5. The molecule has 1 aromatic rings. The molecule has 1 aliphatic heterocycles. The fraction of sp³-hybridized carbons (Fsp3) is 0.429. The summed E-state index contributed by atoms with van der Waals surface area (Å²) in [5, 5.41) is 2.28. The van der Waals surface area contributed by atoms with Crippen LogP contribution >= 0.6 is 23.2 Å². The number of likely N-dealkylation sites (tertiary alicyclic amines) is 1. The number of carbonyl (C=O) groups excluding carboxylic acids is 2. The third-order valence-electron chi connectivity index (χ3n) is 3.44. The Morgan fingerprint density at radius 3 is 2.65 bits per heavy atom. The van der Waals surface area contributed by atoms with Crippen LogP contribution in [0.4, 0.5) is 13.2 Å². The number of hydrogen-bond acceptors (Lipinski definition) is 2. The number of benzene rings is 1. The van der Waals surface area contributed by atoms with Crippen LogP contribution in [0.5, 0.6) is 0 Å². The molecule has 1 saturated heterocycles. The van der Waals surface area contributed by atoms with Crippen molar-refractivity contribution in [2.24, 2.45) is 0 Å². The zero-order valence-electron chi connectivity index (χ0n) is 11.8. The highest BCUT2D eigenvalue weighted by atomic mass is 35.5. The largest absolute Gasteiger partial charge is 0.405 e. The lowest BCUT2D eigenvalue weighted by atomic mass is 10.1. The van der Waals surface area contributed by atoms with E-state index in [1.54, 1.807) is 0 Å². The van der Waals surface area contributed by atoms with Crippen molar-refractivity contribution in [3.05, 3.63) is 33.8 Å². The number of rotatable bonds is 3. The Morgan fingerprint density at radius 2 is 2.00 bits per heavy atom. The average molecular weight is 369 g/mol. The number of nitrogens with one attached hydrogen (secondary N) is 1. The minimum atomic E-state index is -4.50. The highest BCUT2D eigenvalue weighted by Crippen LogP contribution is 2.26. The summed E-state index contributed by atoms with van der Waals surface area (Å²) >= 11 is 11.8. The first-order chi connectivity index (χ1) is 10.7. The minimum Gasteiger partial charge on any atom is -0.345 e. The number of halogens is 5. The Kier molecular flexibility index (Phi) is 5.41. The lowest BCUT2D eigenvalue weighted by Crippen LogP contribution is -2.48. The topological polar surface area (TPSA) is 49.4 Å². The van der Waals surface area contributed by atoms with E-state index < -0.39 is 30.6 Å². The van der Waals surface area contributed by atoms with Gasteiger partial charge in [0.05, 0.1) is 10.6 Å². The minimum absolute atomic E-state index is 0.120. The molecule has 0 unspecified atom stereocenters. The summed E-state index contributed by atoms with van der Waals surface area (Å²) in [7, 11) is 0. The van der Waals surface area contributed by atoms with E-state index in [4.69, 9.17) is 23.2 Å². The van der Waals surface area contributed by atoms with Crippen LogP contribution in [0.15, 0.2) is 18.2 Å². The highest BCUT2D eigenvalue weighted by Gasteiger charge is 2.37. The average Bonchev–Trinajstić information content (AvgIpc) is 2.95. The number of carbonyl (C=O) groups is 2. The molecule has 1 heterocycles. The van der Waals surface area contributed by atoms with E-state index in [9.17, 15) is 22.8 Å². The van der Waals surface area contributed by atoms with Gasteiger partial charge in [0.25, 0.3) is 5.91 Å². The SMILES string of the molecule is O=C(NCC(F)(F)F)[C@@H]1CCCN1C(=O)c1cc(Cl)ccc1Cl. The summed E-state index contributed by atoms with van der Waals surface area (Å²) in [6.07, 6.45) is -3.68. The van der Waals surface area contributed by atoms with Crippen molar-refractivity contribution in [3.8, 4) is 0 Å². The third-order valence-corrected chi connectivity index (χ3v) is 4.00. The number of hydrogen-bond donors (Lipinski definition) is 1. The summed E-state index contributed by atoms with van der Waals surface area (Å²) in [5.41, 5.74) is 0.120. The van der Waals surface area contributed by atoms with E-state index in [1.807, 2.05) is 5.32 Å². The van der Waals surface area contributed by atoms with Crippen molar-refractivity contribution >= 4 is 35.0 Å². The van der Waals surface area contributed by atoms with Gasteiger partial charge in [-0.3, -0.25) is 9.59 Å². The molecule has 0 saturated carbocycles. The molecule has 126 valence electrons. The molecule has 1 N–H and O–H groups in total. The second kappa shape index (κ2) is 6.97. The predicted molar refractivity (Wildman–Crippen MR) is 79.6 cm³/mol. The molecular weight excluding hydrogens is 356 g/mol. The standard InChI is InChI=1S/C14H13Cl2F3N2O2/c15-8-3-4-10(16)9(6-8)13(23)21-5-1-2-11(21)12(22)20-7-14(17,18)19/h3-4,6,11H,1-2,5,7H2,(H,20,22)/t11-/m0/s1. The number of alkyl halides is 3. The van der Waals surface area contributed by atoms with Crippen LogP contribution in [-0.2, 0) is 4.79 Å². The Bertz CT molecular complexity index is 623. The van der Waals surface area contributed by atoms with Crippen molar-refractivity contribution in [2.75, 3.05) is 13.1 Å². The molecule has 1 fully saturated rings. The van der Waals surface area contributed by atoms with E-state index in [-0.39, 0.29) is 17.1 Å². The van der Waals surface area contributed by atoms with Crippen LogP contribution in [0.25, 0.3) is 0 Å². The Balaban J connectivity index is 2.13. The van der Waals surface area contributed by atoms with Gasteiger partial charge in [-0.2, -0.15) is 13.2 Å². The molecule has 4 nitrogen and oxygen atoms in total. The van der Waals surface area contributed by atoms with E-state index in [1.165, 1.54) is 23.1 Å². The lowest BCUT2D eigenvalue weighted by Gasteiger charge is -2.24. The zero-order valence-corrected chi connectivity index (χ0v) is 13.3. The van der Waals surface area contributed by atoms with Crippen LogP contribution in [0.1, 0.15) is 23.2 Å². The highest BCUT2D eigenvalue weighted by molar-refractivity contribution is 6.35. The van der Waals surface area contributed by atoms with E-state index in [2.05, 4.69) is 0 Å². The smallest absolute Gasteiger partial charge is 0.345 e. The molecule has 0 aliphatic carbocycles. The van der Waals surface area contributed by atoms with Crippen molar-refractivity contribution in [3.63, 3.8) is 0 Å². The molecule has 1 atom stereocenters. The number of nitrogens with zero attached hydrogens (tertiary/aromatic N) is 1. The fourth-order valence-corrected chi connectivity index (χ4v) is 2.77. The van der Waals surface area contributed by atoms with Gasteiger partial charge in [0.2, 0.25) is 5.91 Å².